The van der Waals surface area contributed by atoms with Crippen LogP contribution in [-0.2, 0) is 13.6 Å². The molecule has 0 radical (unpaired) electrons. The Bertz CT molecular complexity index is 391. The maximum Gasteiger partial charge on any atom is 0.0641 e. The lowest BCUT2D eigenvalue weighted by molar-refractivity contribution is 0.301. The maximum atomic E-state index is 4.46. The fourth-order valence-electron chi connectivity index (χ4n) is 2.54. The van der Waals surface area contributed by atoms with Gasteiger partial charge in [0.05, 0.1) is 5.69 Å². The van der Waals surface area contributed by atoms with Gasteiger partial charge in [-0.25, -0.2) is 0 Å². The highest BCUT2D eigenvalue weighted by Gasteiger charge is 2.17. The molecule has 1 N–H and O–H groups in total. The lowest BCUT2D eigenvalue weighted by atomic mass is 9.87. The molecule has 0 fully saturated rings. The Balaban J connectivity index is 2.40. The Morgan fingerprint density at radius 1 is 1.21 bits per heavy atom. The molecule has 0 aromatic carbocycles. The van der Waals surface area contributed by atoms with E-state index in [9.17, 15) is 0 Å². The normalized spacial score (nSPS) is 12.1. The Morgan fingerprint density at radius 2 is 1.89 bits per heavy atom. The number of nitrogens with one attached hydrogen (secondary N) is 1. The van der Waals surface area contributed by atoms with Crippen molar-refractivity contribution in [3.63, 3.8) is 0 Å². The van der Waals surface area contributed by atoms with Gasteiger partial charge in [-0.2, -0.15) is 5.10 Å². The smallest absolute Gasteiger partial charge is 0.0641 e. The van der Waals surface area contributed by atoms with Crippen LogP contribution in [0.15, 0.2) is 0 Å². The molecule has 0 saturated heterocycles. The molecule has 0 bridgehead atoms. The van der Waals surface area contributed by atoms with Crippen LogP contribution < -0.4 is 5.32 Å². The minimum Gasteiger partial charge on any atom is -0.312 e. The predicted octanol–water partition coefficient (Wildman–Crippen LogP) is 3.73. The zero-order valence-electron chi connectivity index (χ0n) is 13.6. The summed E-state index contributed by atoms with van der Waals surface area (Å²) < 4.78 is 1.97. The van der Waals surface area contributed by atoms with Crippen molar-refractivity contribution >= 4 is 0 Å². The highest BCUT2D eigenvalue weighted by Crippen LogP contribution is 2.23. The first kappa shape index (κ1) is 16.2. The molecule has 0 saturated carbocycles. The van der Waals surface area contributed by atoms with E-state index in [-0.39, 0.29) is 0 Å². The molecule has 0 atom stereocenters. The van der Waals surface area contributed by atoms with E-state index in [1.165, 1.54) is 36.9 Å². The average molecular weight is 265 g/mol. The Hall–Kier alpha value is -0.830. The van der Waals surface area contributed by atoms with Gasteiger partial charge in [-0.1, -0.05) is 40.0 Å². The van der Waals surface area contributed by atoms with Crippen molar-refractivity contribution in [3.8, 4) is 0 Å². The molecule has 0 spiro atoms. The summed E-state index contributed by atoms with van der Waals surface area (Å²) in [5.74, 6) is 0. The molecule has 1 rings (SSSR count). The van der Waals surface area contributed by atoms with Gasteiger partial charge in [-0.15, -0.1) is 0 Å². The number of aryl methyl sites for hydroxylation is 2. The quantitative estimate of drug-likeness (QED) is 0.726. The van der Waals surface area contributed by atoms with Crippen molar-refractivity contribution in [3.05, 3.63) is 17.0 Å². The number of hydrogen-bond donors (Lipinski definition) is 1. The lowest BCUT2D eigenvalue weighted by Crippen LogP contribution is -2.29. The Labute approximate surface area is 118 Å². The fraction of sp³-hybridized carbons (Fsp3) is 0.812. The highest BCUT2D eigenvalue weighted by atomic mass is 15.3. The van der Waals surface area contributed by atoms with Crippen LogP contribution in [-0.4, -0.2) is 16.3 Å². The van der Waals surface area contributed by atoms with E-state index in [0.717, 1.165) is 18.8 Å². The van der Waals surface area contributed by atoms with Gasteiger partial charge in [-0.05, 0) is 25.7 Å². The van der Waals surface area contributed by atoms with Crippen molar-refractivity contribution in [2.45, 2.75) is 66.8 Å². The third-order valence-corrected chi connectivity index (χ3v) is 4.02. The standard InChI is InChI=1S/C16H31N3/c1-7-8-9-10-16(4,5)12-17-11-15-13(2)18-19(6)14(15)3/h17H,7-12H2,1-6H3. The van der Waals surface area contributed by atoms with Gasteiger partial charge in [-0.3, -0.25) is 4.68 Å². The molecule has 0 unspecified atom stereocenters. The predicted molar refractivity (Wildman–Crippen MR) is 82.3 cm³/mol. The number of hydrogen-bond acceptors (Lipinski definition) is 2. The molecule has 110 valence electrons. The summed E-state index contributed by atoms with van der Waals surface area (Å²) in [6.45, 7) is 13.2. The SMILES string of the molecule is CCCCCC(C)(C)CNCc1c(C)nn(C)c1C. The van der Waals surface area contributed by atoms with Crippen molar-refractivity contribution in [2.75, 3.05) is 6.54 Å². The van der Waals surface area contributed by atoms with E-state index in [1.807, 2.05) is 11.7 Å². The molecule has 0 aliphatic heterocycles. The highest BCUT2D eigenvalue weighted by molar-refractivity contribution is 5.23. The second-order valence-corrected chi connectivity index (χ2v) is 6.50. The van der Waals surface area contributed by atoms with E-state index < -0.39 is 0 Å². The first-order valence-electron chi connectivity index (χ1n) is 7.57. The maximum absolute atomic E-state index is 4.46. The zero-order chi connectivity index (χ0) is 14.5. The van der Waals surface area contributed by atoms with Gasteiger partial charge in [0.1, 0.15) is 0 Å². The van der Waals surface area contributed by atoms with E-state index >= 15 is 0 Å². The van der Waals surface area contributed by atoms with Gasteiger partial charge < -0.3 is 5.32 Å². The van der Waals surface area contributed by atoms with Crippen molar-refractivity contribution < 1.29 is 0 Å². The summed E-state index contributed by atoms with van der Waals surface area (Å²) in [6, 6.07) is 0. The fourth-order valence-corrected chi connectivity index (χ4v) is 2.54. The van der Waals surface area contributed by atoms with Crippen LogP contribution in [0.25, 0.3) is 0 Å². The van der Waals surface area contributed by atoms with Crippen LogP contribution in [0.3, 0.4) is 0 Å². The zero-order valence-corrected chi connectivity index (χ0v) is 13.6. The van der Waals surface area contributed by atoms with E-state index in [2.05, 4.69) is 45.0 Å². The molecular weight excluding hydrogens is 234 g/mol. The van der Waals surface area contributed by atoms with E-state index in [1.54, 1.807) is 0 Å². The minimum atomic E-state index is 0.388. The molecule has 1 aromatic rings. The summed E-state index contributed by atoms with van der Waals surface area (Å²) >= 11 is 0. The Morgan fingerprint density at radius 3 is 2.42 bits per heavy atom. The van der Waals surface area contributed by atoms with Crippen LogP contribution in [0.4, 0.5) is 0 Å². The third-order valence-electron chi connectivity index (χ3n) is 4.02. The molecule has 1 aromatic heterocycles. The van der Waals surface area contributed by atoms with E-state index in [0.29, 0.717) is 5.41 Å². The van der Waals surface area contributed by atoms with Crippen LogP contribution in [0.5, 0.6) is 0 Å². The van der Waals surface area contributed by atoms with E-state index in [4.69, 9.17) is 0 Å². The lowest BCUT2D eigenvalue weighted by Gasteiger charge is -2.25. The number of unbranched alkanes of at least 4 members (excludes halogenated alkanes) is 2. The van der Waals surface area contributed by atoms with Crippen molar-refractivity contribution in [2.24, 2.45) is 12.5 Å². The third kappa shape index (κ3) is 4.98. The molecule has 3 nitrogen and oxygen atoms in total. The second kappa shape index (κ2) is 7.09. The largest absolute Gasteiger partial charge is 0.312 e. The summed E-state index contributed by atoms with van der Waals surface area (Å²) in [6.07, 6.45) is 5.30. The first-order valence-corrected chi connectivity index (χ1v) is 7.57. The van der Waals surface area contributed by atoms with Crippen molar-refractivity contribution in [1.82, 2.24) is 15.1 Å². The Kier molecular flexibility index (Phi) is 6.05. The molecule has 1 heterocycles. The number of aromatic nitrogens is 2. The molecule has 3 heteroatoms. The average Bonchev–Trinajstić information content (AvgIpc) is 2.55. The van der Waals surface area contributed by atoms with Gasteiger partial charge >= 0.3 is 0 Å². The first-order chi connectivity index (χ1) is 8.87. The van der Waals surface area contributed by atoms with Crippen LogP contribution in [0.1, 0.15) is 63.4 Å². The summed E-state index contributed by atoms with van der Waals surface area (Å²) in [5.41, 5.74) is 4.16. The van der Waals surface area contributed by atoms with Gasteiger partial charge in [0.25, 0.3) is 0 Å². The molecule has 0 aliphatic rings. The number of rotatable bonds is 8. The topological polar surface area (TPSA) is 29.9 Å². The summed E-state index contributed by atoms with van der Waals surface area (Å²) in [4.78, 5) is 0. The second-order valence-electron chi connectivity index (χ2n) is 6.50. The minimum absolute atomic E-state index is 0.388. The van der Waals surface area contributed by atoms with Gasteiger partial charge in [0, 0.05) is 31.4 Å². The molecule has 0 amide bonds. The monoisotopic (exact) mass is 265 g/mol. The van der Waals surface area contributed by atoms with Gasteiger partial charge in [0.2, 0.25) is 0 Å². The van der Waals surface area contributed by atoms with Crippen LogP contribution >= 0.6 is 0 Å². The molecule has 0 aliphatic carbocycles. The van der Waals surface area contributed by atoms with Crippen LogP contribution in [0.2, 0.25) is 0 Å². The van der Waals surface area contributed by atoms with Gasteiger partial charge in [0.15, 0.2) is 0 Å². The summed E-state index contributed by atoms with van der Waals surface area (Å²) in [7, 11) is 2.01. The van der Waals surface area contributed by atoms with Crippen LogP contribution in [0, 0.1) is 19.3 Å². The molecular formula is C16H31N3. The molecule has 19 heavy (non-hydrogen) atoms. The van der Waals surface area contributed by atoms with Crippen molar-refractivity contribution in [1.29, 1.82) is 0 Å². The summed E-state index contributed by atoms with van der Waals surface area (Å²) in [5, 5.41) is 8.07. The number of nitrogens with zero attached hydrogens (tertiary/aromatic N) is 2.